The maximum atomic E-state index is 6.51. The third kappa shape index (κ3) is 2.01. The zero-order valence-electron chi connectivity index (χ0n) is 12.0. The fourth-order valence-electron chi connectivity index (χ4n) is 3.69. The highest BCUT2D eigenvalue weighted by atomic mass is 14.6. The number of aryl methyl sites for hydroxylation is 1. The highest BCUT2D eigenvalue weighted by Gasteiger charge is 2.23. The van der Waals surface area contributed by atoms with Gasteiger partial charge in [-0.2, -0.15) is 0 Å². The maximum Gasteiger partial charge on any atom is 0.0432 e. The molecule has 0 radical (unpaired) electrons. The molecule has 1 heteroatoms. The molecule has 3 aromatic carbocycles. The van der Waals surface area contributed by atoms with Gasteiger partial charge in [0.25, 0.3) is 0 Å². The first-order chi connectivity index (χ1) is 10.3. The number of fused-ring (bicyclic) bond motifs is 2. The van der Waals surface area contributed by atoms with Crippen LogP contribution in [0.1, 0.15) is 35.4 Å². The van der Waals surface area contributed by atoms with Crippen molar-refractivity contribution in [2.24, 2.45) is 0 Å². The van der Waals surface area contributed by atoms with Crippen LogP contribution in [-0.4, -0.2) is 0 Å². The van der Waals surface area contributed by atoms with E-state index >= 15 is 0 Å². The molecule has 0 heterocycles. The summed E-state index contributed by atoms with van der Waals surface area (Å²) < 4.78 is 0. The lowest BCUT2D eigenvalue weighted by atomic mass is 9.78. The van der Waals surface area contributed by atoms with E-state index in [1.54, 1.807) is 0 Å². The van der Waals surface area contributed by atoms with E-state index in [0.717, 1.165) is 5.69 Å². The first-order valence-electron chi connectivity index (χ1n) is 7.69. The largest absolute Gasteiger partial charge is 0.398 e. The minimum atomic E-state index is 0.444. The average Bonchev–Trinajstić information content (AvgIpc) is 2.55. The predicted octanol–water partition coefficient (Wildman–Crippen LogP) is 4.89. The van der Waals surface area contributed by atoms with Gasteiger partial charge in [0.2, 0.25) is 0 Å². The molecule has 0 fully saturated rings. The highest BCUT2D eigenvalue weighted by Crippen LogP contribution is 2.40. The van der Waals surface area contributed by atoms with E-state index in [9.17, 15) is 0 Å². The quantitative estimate of drug-likeness (QED) is 0.628. The average molecular weight is 273 g/mol. The monoisotopic (exact) mass is 273 g/mol. The lowest BCUT2D eigenvalue weighted by molar-refractivity contribution is 0.617. The van der Waals surface area contributed by atoms with Crippen molar-refractivity contribution < 1.29 is 0 Å². The first-order valence-corrected chi connectivity index (χ1v) is 7.69. The van der Waals surface area contributed by atoms with Crippen molar-refractivity contribution >= 4 is 16.5 Å². The summed E-state index contributed by atoms with van der Waals surface area (Å²) in [6.45, 7) is 0. The summed E-state index contributed by atoms with van der Waals surface area (Å²) in [6.07, 6.45) is 3.63. The van der Waals surface area contributed by atoms with Crippen molar-refractivity contribution in [2.45, 2.75) is 25.2 Å². The molecule has 4 rings (SSSR count). The van der Waals surface area contributed by atoms with Gasteiger partial charge >= 0.3 is 0 Å². The van der Waals surface area contributed by atoms with Crippen LogP contribution in [0.15, 0.2) is 60.7 Å². The van der Waals surface area contributed by atoms with Crippen molar-refractivity contribution in [2.75, 3.05) is 5.73 Å². The predicted molar refractivity (Wildman–Crippen MR) is 89.6 cm³/mol. The Bertz CT molecular complexity index is 804. The number of nitrogens with two attached hydrogens (primary N) is 1. The number of hydrogen-bond donors (Lipinski definition) is 1. The van der Waals surface area contributed by atoms with Gasteiger partial charge in [-0.25, -0.2) is 0 Å². The van der Waals surface area contributed by atoms with Crippen LogP contribution in [0.2, 0.25) is 0 Å². The van der Waals surface area contributed by atoms with Gasteiger partial charge in [0.05, 0.1) is 0 Å². The van der Waals surface area contributed by atoms with E-state index < -0.39 is 0 Å². The SMILES string of the molecule is Nc1c([C@H]2CCCc3ccccc32)ccc2ccccc12. The molecule has 0 saturated heterocycles. The Morgan fingerprint density at radius 3 is 2.57 bits per heavy atom. The fourth-order valence-corrected chi connectivity index (χ4v) is 3.69. The van der Waals surface area contributed by atoms with E-state index in [-0.39, 0.29) is 0 Å². The van der Waals surface area contributed by atoms with Gasteiger partial charge in [-0.05, 0) is 41.3 Å². The Morgan fingerprint density at radius 2 is 1.62 bits per heavy atom. The first kappa shape index (κ1) is 12.5. The van der Waals surface area contributed by atoms with Crippen molar-refractivity contribution in [3.05, 3.63) is 77.4 Å². The standard InChI is InChI=1S/C20H19N/c21-20-17-10-4-2-7-15(17)12-13-19(20)18-11-5-8-14-6-1-3-9-16(14)18/h1-4,6-7,9-10,12-13,18H,5,8,11,21H2/t18-/m0/s1. The zero-order valence-corrected chi connectivity index (χ0v) is 12.0. The number of hydrogen-bond acceptors (Lipinski definition) is 1. The lowest BCUT2D eigenvalue weighted by Gasteiger charge is -2.27. The molecule has 0 bridgehead atoms. The molecule has 0 spiro atoms. The third-order valence-electron chi connectivity index (χ3n) is 4.75. The molecule has 3 aromatic rings. The number of benzene rings is 3. The second kappa shape index (κ2) is 4.92. The molecule has 0 saturated carbocycles. The summed E-state index contributed by atoms with van der Waals surface area (Å²) in [5.74, 6) is 0.444. The molecule has 0 aromatic heterocycles. The number of anilines is 1. The second-order valence-corrected chi connectivity index (χ2v) is 5.93. The van der Waals surface area contributed by atoms with Gasteiger partial charge in [0.1, 0.15) is 0 Å². The van der Waals surface area contributed by atoms with Gasteiger partial charge < -0.3 is 5.73 Å². The van der Waals surface area contributed by atoms with Gasteiger partial charge in [-0.15, -0.1) is 0 Å². The molecule has 1 atom stereocenters. The molecular formula is C20H19N. The van der Waals surface area contributed by atoms with Crippen LogP contribution in [0.5, 0.6) is 0 Å². The van der Waals surface area contributed by atoms with E-state index in [1.165, 1.54) is 46.7 Å². The van der Waals surface area contributed by atoms with Crippen molar-refractivity contribution in [1.82, 2.24) is 0 Å². The fraction of sp³-hybridized carbons (Fsp3) is 0.200. The Balaban J connectivity index is 1.90. The molecule has 104 valence electrons. The van der Waals surface area contributed by atoms with E-state index in [0.29, 0.717) is 5.92 Å². The highest BCUT2D eigenvalue weighted by molar-refractivity contribution is 5.94. The van der Waals surface area contributed by atoms with Gasteiger partial charge in [-0.3, -0.25) is 0 Å². The van der Waals surface area contributed by atoms with Crippen LogP contribution in [0.3, 0.4) is 0 Å². The van der Waals surface area contributed by atoms with Crippen LogP contribution in [0, 0.1) is 0 Å². The molecule has 1 aliphatic carbocycles. The number of nitrogen functional groups attached to an aromatic ring is 1. The van der Waals surface area contributed by atoms with E-state index in [1.807, 2.05) is 0 Å². The summed E-state index contributed by atoms with van der Waals surface area (Å²) in [4.78, 5) is 0. The molecular weight excluding hydrogens is 254 g/mol. The minimum absolute atomic E-state index is 0.444. The van der Waals surface area contributed by atoms with Crippen molar-refractivity contribution in [1.29, 1.82) is 0 Å². The Kier molecular flexibility index (Phi) is 2.92. The molecule has 1 nitrogen and oxygen atoms in total. The molecule has 2 N–H and O–H groups in total. The second-order valence-electron chi connectivity index (χ2n) is 5.93. The van der Waals surface area contributed by atoms with Crippen molar-refractivity contribution in [3.63, 3.8) is 0 Å². The van der Waals surface area contributed by atoms with E-state index in [4.69, 9.17) is 5.73 Å². The van der Waals surface area contributed by atoms with Gasteiger partial charge in [-0.1, -0.05) is 60.7 Å². The summed E-state index contributed by atoms with van der Waals surface area (Å²) in [5, 5.41) is 2.40. The topological polar surface area (TPSA) is 26.0 Å². The third-order valence-corrected chi connectivity index (χ3v) is 4.75. The Labute approximate surface area is 125 Å². The molecule has 0 amide bonds. The normalized spacial score (nSPS) is 17.6. The number of rotatable bonds is 1. The smallest absolute Gasteiger partial charge is 0.0432 e. The van der Waals surface area contributed by atoms with Crippen LogP contribution < -0.4 is 5.73 Å². The maximum absolute atomic E-state index is 6.51. The Morgan fingerprint density at radius 1 is 0.810 bits per heavy atom. The lowest BCUT2D eigenvalue weighted by Crippen LogP contribution is -2.12. The minimum Gasteiger partial charge on any atom is -0.398 e. The summed E-state index contributed by atoms with van der Waals surface area (Å²) in [5.41, 5.74) is 11.7. The van der Waals surface area contributed by atoms with Crippen LogP contribution >= 0.6 is 0 Å². The molecule has 0 unspecified atom stereocenters. The van der Waals surface area contributed by atoms with Crippen LogP contribution in [0.4, 0.5) is 5.69 Å². The summed E-state index contributed by atoms with van der Waals surface area (Å²) >= 11 is 0. The molecule has 1 aliphatic rings. The molecule has 0 aliphatic heterocycles. The van der Waals surface area contributed by atoms with Crippen molar-refractivity contribution in [3.8, 4) is 0 Å². The summed E-state index contributed by atoms with van der Waals surface area (Å²) in [7, 11) is 0. The van der Waals surface area contributed by atoms with Crippen LogP contribution in [0.25, 0.3) is 10.8 Å². The van der Waals surface area contributed by atoms with Gasteiger partial charge in [0.15, 0.2) is 0 Å². The summed E-state index contributed by atoms with van der Waals surface area (Å²) in [6, 6.07) is 21.6. The zero-order chi connectivity index (χ0) is 14.2. The van der Waals surface area contributed by atoms with Gasteiger partial charge in [0, 0.05) is 17.0 Å². The Hall–Kier alpha value is -2.28. The van der Waals surface area contributed by atoms with E-state index in [2.05, 4.69) is 60.7 Å². The van der Waals surface area contributed by atoms with Crippen LogP contribution in [-0.2, 0) is 6.42 Å². The molecule has 21 heavy (non-hydrogen) atoms.